The Morgan fingerprint density at radius 3 is 2.45 bits per heavy atom. The van der Waals surface area contributed by atoms with Gasteiger partial charge in [-0.2, -0.15) is 0 Å². The van der Waals surface area contributed by atoms with Crippen LogP contribution in [0.25, 0.3) is 21.5 Å². The smallest absolute Gasteiger partial charge is 0.282 e. The third-order valence-electron chi connectivity index (χ3n) is 6.75. The highest BCUT2D eigenvalue weighted by Gasteiger charge is 2.34. The molecule has 0 bridgehead atoms. The van der Waals surface area contributed by atoms with Crippen molar-refractivity contribution in [1.82, 2.24) is 9.80 Å². The van der Waals surface area contributed by atoms with Gasteiger partial charge in [0.15, 0.2) is 11.5 Å². The van der Waals surface area contributed by atoms with E-state index < -0.39 is 4.92 Å². The van der Waals surface area contributed by atoms with E-state index in [1.165, 1.54) is 23.2 Å². The first-order valence-electron chi connectivity index (χ1n) is 11.9. The average Bonchev–Trinajstić information content (AvgIpc) is 3.36. The molecular formula is C28H22N4O6. The van der Waals surface area contributed by atoms with Crippen LogP contribution >= 0.6 is 0 Å². The number of hydrogen-bond donors (Lipinski definition) is 0. The van der Waals surface area contributed by atoms with E-state index in [1.807, 2.05) is 49.3 Å². The first kappa shape index (κ1) is 23.6. The van der Waals surface area contributed by atoms with Crippen LogP contribution in [-0.4, -0.2) is 66.7 Å². The van der Waals surface area contributed by atoms with E-state index in [0.29, 0.717) is 45.6 Å². The molecule has 0 fully saturated rings. The van der Waals surface area contributed by atoms with Crippen molar-refractivity contribution in [3.8, 4) is 11.5 Å². The van der Waals surface area contributed by atoms with Crippen LogP contribution in [0.5, 0.6) is 11.5 Å². The lowest BCUT2D eigenvalue weighted by molar-refractivity contribution is -0.385. The summed E-state index contributed by atoms with van der Waals surface area (Å²) < 4.78 is 10.7. The maximum absolute atomic E-state index is 13.9. The molecule has 0 unspecified atom stereocenters. The molecule has 10 heteroatoms. The molecule has 0 aliphatic carbocycles. The number of aliphatic imine (C=N–C) groups is 1. The van der Waals surface area contributed by atoms with Crippen molar-refractivity contribution in [1.29, 1.82) is 0 Å². The Balaban J connectivity index is 1.55. The molecule has 2 aliphatic rings. The van der Waals surface area contributed by atoms with E-state index in [4.69, 9.17) is 9.47 Å². The van der Waals surface area contributed by atoms with Crippen LogP contribution in [0.3, 0.4) is 0 Å². The summed E-state index contributed by atoms with van der Waals surface area (Å²) in [5, 5.41) is 14.4. The van der Waals surface area contributed by atoms with Gasteiger partial charge in [0, 0.05) is 35.6 Å². The van der Waals surface area contributed by atoms with Crippen LogP contribution < -0.4 is 9.47 Å². The van der Waals surface area contributed by atoms with Gasteiger partial charge in [-0.15, -0.1) is 0 Å². The van der Waals surface area contributed by atoms with Crippen molar-refractivity contribution in [3.63, 3.8) is 0 Å². The number of carbonyl (C=O) groups is 2. The van der Waals surface area contributed by atoms with Crippen LogP contribution in [0.15, 0.2) is 59.6 Å². The van der Waals surface area contributed by atoms with Gasteiger partial charge in [0.1, 0.15) is 0 Å². The highest BCUT2D eigenvalue weighted by molar-refractivity contribution is 6.31. The molecule has 2 aliphatic heterocycles. The van der Waals surface area contributed by atoms with Crippen LogP contribution in [0.1, 0.15) is 26.3 Å². The number of carbonyl (C=O) groups excluding carboxylic acids is 2. The Bertz CT molecular complexity index is 1710. The number of fused-ring (bicyclic) bond motifs is 3. The molecule has 0 radical (unpaired) electrons. The number of ether oxygens (including phenoxy) is 2. The number of hydrogen-bond acceptors (Lipinski definition) is 8. The maximum atomic E-state index is 13.9. The summed E-state index contributed by atoms with van der Waals surface area (Å²) >= 11 is 0. The van der Waals surface area contributed by atoms with Crippen molar-refractivity contribution in [2.75, 3.05) is 34.0 Å². The predicted molar refractivity (Wildman–Crippen MR) is 142 cm³/mol. The van der Waals surface area contributed by atoms with E-state index in [9.17, 15) is 19.7 Å². The molecular weight excluding hydrogens is 488 g/mol. The van der Waals surface area contributed by atoms with Gasteiger partial charge in [0.25, 0.3) is 17.5 Å². The highest BCUT2D eigenvalue weighted by atomic mass is 16.7. The fourth-order valence-corrected chi connectivity index (χ4v) is 4.94. The van der Waals surface area contributed by atoms with Crippen molar-refractivity contribution in [3.05, 3.63) is 81.4 Å². The van der Waals surface area contributed by atoms with Gasteiger partial charge in [-0.3, -0.25) is 29.6 Å². The van der Waals surface area contributed by atoms with Crippen molar-refractivity contribution < 1.29 is 24.0 Å². The van der Waals surface area contributed by atoms with E-state index in [1.54, 1.807) is 12.1 Å². The fraction of sp³-hybridized carbons (Fsp3) is 0.179. The summed E-state index contributed by atoms with van der Waals surface area (Å²) in [6, 6.07) is 15.6. The second-order valence-corrected chi connectivity index (χ2v) is 9.38. The lowest BCUT2D eigenvalue weighted by Gasteiger charge is -2.29. The first-order valence-corrected chi connectivity index (χ1v) is 11.9. The van der Waals surface area contributed by atoms with Gasteiger partial charge >= 0.3 is 0 Å². The molecule has 2 amide bonds. The second-order valence-electron chi connectivity index (χ2n) is 9.38. The fourth-order valence-electron chi connectivity index (χ4n) is 4.94. The lowest BCUT2D eigenvalue weighted by Crippen LogP contribution is -2.43. The lowest BCUT2D eigenvalue weighted by atomic mass is 9.89. The zero-order chi connectivity index (χ0) is 26.6. The molecule has 0 saturated carbocycles. The Labute approximate surface area is 216 Å². The monoisotopic (exact) mass is 510 g/mol. The van der Waals surface area contributed by atoms with Gasteiger partial charge in [-0.05, 0) is 49.1 Å². The van der Waals surface area contributed by atoms with Gasteiger partial charge in [-0.25, -0.2) is 0 Å². The molecule has 0 saturated heterocycles. The minimum atomic E-state index is -0.506. The zero-order valence-corrected chi connectivity index (χ0v) is 20.6. The SMILES string of the molecule is CN(C)CCN1C(=O)c2cccc3cc4cccc(/N=C\c5cc6c(cc5[N+](=O)[O-])OCO6)c4c(c23)C1=O. The normalized spacial score (nSPS) is 14.4. The first-order chi connectivity index (χ1) is 18.3. The van der Waals surface area contributed by atoms with Crippen LogP contribution in [-0.2, 0) is 0 Å². The molecule has 10 nitrogen and oxygen atoms in total. The van der Waals surface area contributed by atoms with E-state index >= 15 is 0 Å². The number of rotatable bonds is 6. The van der Waals surface area contributed by atoms with E-state index in [2.05, 4.69) is 4.99 Å². The Morgan fingerprint density at radius 2 is 1.71 bits per heavy atom. The Hall–Kier alpha value is -4.83. The number of nitrogens with zero attached hydrogens (tertiary/aromatic N) is 4. The third kappa shape index (κ3) is 3.73. The van der Waals surface area contributed by atoms with Gasteiger partial charge in [0.05, 0.1) is 27.8 Å². The largest absolute Gasteiger partial charge is 0.454 e. The molecule has 190 valence electrons. The maximum Gasteiger partial charge on any atom is 0.282 e. The second kappa shape index (κ2) is 8.93. The summed E-state index contributed by atoms with van der Waals surface area (Å²) in [6.07, 6.45) is 1.39. The zero-order valence-electron chi connectivity index (χ0n) is 20.6. The molecule has 0 N–H and O–H groups in total. The number of amides is 2. The third-order valence-corrected chi connectivity index (χ3v) is 6.75. The Kier molecular flexibility index (Phi) is 5.54. The molecule has 4 aromatic rings. The van der Waals surface area contributed by atoms with Crippen LogP contribution in [0, 0.1) is 10.1 Å². The summed E-state index contributed by atoms with van der Waals surface area (Å²) in [7, 11) is 3.76. The molecule has 38 heavy (non-hydrogen) atoms. The molecule has 0 spiro atoms. The molecule has 4 aromatic carbocycles. The number of benzene rings is 4. The van der Waals surface area contributed by atoms with E-state index in [-0.39, 0.29) is 36.4 Å². The summed E-state index contributed by atoms with van der Waals surface area (Å²) in [6.45, 7) is 0.748. The predicted octanol–water partition coefficient (Wildman–Crippen LogP) is 4.54. The van der Waals surface area contributed by atoms with Gasteiger partial charge in [0.2, 0.25) is 6.79 Å². The van der Waals surface area contributed by atoms with Crippen molar-refractivity contribution in [2.24, 2.45) is 4.99 Å². The molecule has 2 heterocycles. The van der Waals surface area contributed by atoms with Crippen LogP contribution in [0.2, 0.25) is 0 Å². The highest BCUT2D eigenvalue weighted by Crippen LogP contribution is 2.41. The quantitative estimate of drug-likeness (QED) is 0.123. The van der Waals surface area contributed by atoms with Gasteiger partial charge < -0.3 is 14.4 Å². The standard InChI is InChI=1S/C28H22N4O6/c1-30(2)9-10-31-27(33)19-7-3-5-16-11-17-6-4-8-20(25(17)26(24(16)19)28(31)34)29-14-18-12-22-23(38-15-37-22)13-21(18)32(35)36/h3-8,11-14H,9-10,15H2,1-2H3/b29-14-. The van der Waals surface area contributed by atoms with Crippen molar-refractivity contribution in [2.45, 2.75) is 0 Å². The van der Waals surface area contributed by atoms with Gasteiger partial charge in [-0.1, -0.05) is 24.3 Å². The summed E-state index contributed by atoms with van der Waals surface area (Å²) in [4.78, 5) is 46.2. The topological polar surface area (TPSA) is 115 Å². The molecule has 6 rings (SSSR count). The summed E-state index contributed by atoms with van der Waals surface area (Å²) in [5.74, 6) is -0.0180. The van der Waals surface area contributed by atoms with Crippen LogP contribution in [0.4, 0.5) is 11.4 Å². The molecule has 0 atom stereocenters. The van der Waals surface area contributed by atoms with E-state index in [0.717, 1.165) is 10.8 Å². The van der Waals surface area contributed by atoms with Crippen molar-refractivity contribution >= 4 is 50.9 Å². The molecule has 0 aromatic heterocycles. The number of likely N-dealkylation sites (N-methyl/N-ethyl adjacent to an activating group) is 1. The number of nitro benzene ring substituents is 1. The minimum Gasteiger partial charge on any atom is -0.454 e. The summed E-state index contributed by atoms with van der Waals surface area (Å²) in [5.41, 5.74) is 1.38. The minimum absolute atomic E-state index is 0.0136. The number of nitro groups is 1. The average molecular weight is 511 g/mol. The number of imide groups is 1. The Morgan fingerprint density at radius 1 is 1.00 bits per heavy atom.